The van der Waals surface area contributed by atoms with Crippen molar-refractivity contribution in [2.24, 2.45) is 0 Å². The molecule has 17 heavy (non-hydrogen) atoms. The molecule has 0 radical (unpaired) electrons. The molecule has 1 heterocycles. The highest BCUT2D eigenvalue weighted by Gasteiger charge is 2.03. The molecular weight excluding hydrogens is 232 g/mol. The molecule has 0 saturated carbocycles. The fourth-order valence-corrected chi connectivity index (χ4v) is 2.18. The Bertz CT molecular complexity index is 454. The van der Waals surface area contributed by atoms with Gasteiger partial charge < -0.3 is 5.32 Å². The summed E-state index contributed by atoms with van der Waals surface area (Å²) < 4.78 is 0. The van der Waals surface area contributed by atoms with Crippen molar-refractivity contribution in [1.29, 1.82) is 0 Å². The summed E-state index contributed by atoms with van der Waals surface area (Å²) in [7, 11) is 0. The van der Waals surface area contributed by atoms with Crippen LogP contribution in [0.25, 0.3) is 0 Å². The third kappa shape index (κ3) is 4.00. The first-order chi connectivity index (χ1) is 8.34. The maximum absolute atomic E-state index is 11.6. The second-order valence-electron chi connectivity index (χ2n) is 3.69. The number of aryl methyl sites for hydroxylation is 1. The van der Waals surface area contributed by atoms with E-state index in [1.54, 1.807) is 17.5 Å². The number of benzene rings is 1. The zero-order valence-corrected chi connectivity index (χ0v) is 10.2. The average molecular weight is 246 g/mol. The quantitative estimate of drug-likeness (QED) is 0.880. The number of anilines is 1. The van der Waals surface area contributed by atoms with Crippen molar-refractivity contribution < 1.29 is 4.79 Å². The number of nitrogens with zero attached hydrogens (tertiary/aromatic N) is 1. The van der Waals surface area contributed by atoms with E-state index >= 15 is 0 Å². The maximum atomic E-state index is 11.6. The summed E-state index contributed by atoms with van der Waals surface area (Å²) in [6.07, 6.45) is 4.05. The average Bonchev–Trinajstić information content (AvgIpc) is 2.83. The van der Waals surface area contributed by atoms with Crippen LogP contribution in [-0.4, -0.2) is 10.9 Å². The van der Waals surface area contributed by atoms with Gasteiger partial charge in [-0.25, -0.2) is 4.98 Å². The van der Waals surface area contributed by atoms with E-state index in [-0.39, 0.29) is 5.91 Å². The third-order valence-electron chi connectivity index (χ3n) is 2.34. The van der Waals surface area contributed by atoms with Crippen molar-refractivity contribution in [3.8, 4) is 0 Å². The second-order valence-corrected chi connectivity index (χ2v) is 4.67. The van der Waals surface area contributed by atoms with E-state index in [1.165, 1.54) is 0 Å². The number of thiazole rings is 1. The van der Waals surface area contributed by atoms with Crippen LogP contribution in [0.4, 0.5) is 5.69 Å². The van der Waals surface area contributed by atoms with Crippen LogP contribution in [0.3, 0.4) is 0 Å². The summed E-state index contributed by atoms with van der Waals surface area (Å²) in [5, 5.41) is 5.92. The van der Waals surface area contributed by atoms with Gasteiger partial charge in [-0.15, -0.1) is 11.3 Å². The Morgan fingerprint density at radius 3 is 2.82 bits per heavy atom. The molecule has 0 bridgehead atoms. The molecule has 1 amide bonds. The number of rotatable bonds is 5. The normalized spacial score (nSPS) is 10.1. The Hall–Kier alpha value is -1.68. The van der Waals surface area contributed by atoms with E-state index in [1.807, 2.05) is 35.7 Å². The van der Waals surface area contributed by atoms with Gasteiger partial charge in [0.15, 0.2) is 0 Å². The highest BCUT2D eigenvalue weighted by molar-refractivity contribution is 7.09. The Balaban J connectivity index is 1.71. The van der Waals surface area contributed by atoms with Gasteiger partial charge in [0.2, 0.25) is 5.91 Å². The number of aromatic nitrogens is 1. The van der Waals surface area contributed by atoms with Crippen LogP contribution in [0, 0.1) is 0 Å². The van der Waals surface area contributed by atoms with Crippen LogP contribution in [-0.2, 0) is 11.2 Å². The fourth-order valence-electron chi connectivity index (χ4n) is 1.52. The molecule has 2 rings (SSSR count). The highest BCUT2D eigenvalue weighted by atomic mass is 32.1. The summed E-state index contributed by atoms with van der Waals surface area (Å²) in [6, 6.07) is 9.52. The van der Waals surface area contributed by atoms with E-state index in [0.29, 0.717) is 6.42 Å². The minimum absolute atomic E-state index is 0.0627. The molecule has 2 aromatic rings. The minimum atomic E-state index is 0.0627. The van der Waals surface area contributed by atoms with Gasteiger partial charge in [-0.1, -0.05) is 18.2 Å². The largest absolute Gasteiger partial charge is 0.326 e. The van der Waals surface area contributed by atoms with E-state index in [0.717, 1.165) is 23.5 Å². The SMILES string of the molecule is O=C(CCCc1nccs1)Nc1ccccc1. The van der Waals surface area contributed by atoms with Crippen LogP contribution >= 0.6 is 11.3 Å². The van der Waals surface area contributed by atoms with Crippen molar-refractivity contribution in [1.82, 2.24) is 4.98 Å². The summed E-state index contributed by atoms with van der Waals surface area (Å²) in [4.78, 5) is 15.8. The zero-order chi connectivity index (χ0) is 11.9. The number of hydrogen-bond donors (Lipinski definition) is 1. The second kappa shape index (κ2) is 6.15. The molecule has 0 aliphatic carbocycles. The molecule has 4 heteroatoms. The number of hydrogen-bond acceptors (Lipinski definition) is 3. The Morgan fingerprint density at radius 1 is 1.29 bits per heavy atom. The smallest absolute Gasteiger partial charge is 0.224 e. The van der Waals surface area contributed by atoms with E-state index in [2.05, 4.69) is 10.3 Å². The number of carbonyl (C=O) groups is 1. The van der Waals surface area contributed by atoms with Gasteiger partial charge in [0.05, 0.1) is 5.01 Å². The van der Waals surface area contributed by atoms with Gasteiger partial charge in [0, 0.05) is 23.7 Å². The fraction of sp³-hybridized carbons (Fsp3) is 0.231. The van der Waals surface area contributed by atoms with Gasteiger partial charge in [0.1, 0.15) is 0 Å². The van der Waals surface area contributed by atoms with Crippen molar-refractivity contribution in [2.45, 2.75) is 19.3 Å². The van der Waals surface area contributed by atoms with Gasteiger partial charge in [-0.3, -0.25) is 4.79 Å². The van der Waals surface area contributed by atoms with Gasteiger partial charge >= 0.3 is 0 Å². The van der Waals surface area contributed by atoms with Gasteiger partial charge in [0.25, 0.3) is 0 Å². The number of carbonyl (C=O) groups excluding carboxylic acids is 1. The van der Waals surface area contributed by atoms with Crippen molar-refractivity contribution in [2.75, 3.05) is 5.32 Å². The summed E-state index contributed by atoms with van der Waals surface area (Å²) in [6.45, 7) is 0. The summed E-state index contributed by atoms with van der Waals surface area (Å²) >= 11 is 1.64. The molecule has 88 valence electrons. The Morgan fingerprint density at radius 2 is 2.12 bits per heavy atom. The molecule has 0 fully saturated rings. The highest BCUT2D eigenvalue weighted by Crippen LogP contribution is 2.10. The first-order valence-corrected chi connectivity index (χ1v) is 6.46. The summed E-state index contributed by atoms with van der Waals surface area (Å²) in [5.74, 6) is 0.0627. The Labute approximate surface area is 105 Å². The standard InChI is InChI=1S/C13H14N2OS/c16-12(15-11-5-2-1-3-6-11)7-4-8-13-14-9-10-17-13/h1-3,5-6,9-10H,4,7-8H2,(H,15,16). The lowest BCUT2D eigenvalue weighted by Crippen LogP contribution is -2.11. The van der Waals surface area contributed by atoms with Crippen molar-refractivity contribution in [3.63, 3.8) is 0 Å². The monoisotopic (exact) mass is 246 g/mol. The van der Waals surface area contributed by atoms with Gasteiger partial charge in [-0.2, -0.15) is 0 Å². The number of amides is 1. The molecular formula is C13H14N2OS. The number of para-hydroxylation sites is 1. The van der Waals surface area contributed by atoms with Crippen LogP contribution in [0.15, 0.2) is 41.9 Å². The molecule has 0 spiro atoms. The molecule has 1 N–H and O–H groups in total. The maximum Gasteiger partial charge on any atom is 0.224 e. The first-order valence-electron chi connectivity index (χ1n) is 5.58. The third-order valence-corrected chi connectivity index (χ3v) is 3.17. The predicted molar refractivity (Wildman–Crippen MR) is 70.1 cm³/mol. The molecule has 0 atom stereocenters. The number of nitrogens with one attached hydrogen (secondary N) is 1. The molecule has 1 aromatic carbocycles. The lowest BCUT2D eigenvalue weighted by atomic mass is 10.2. The lowest BCUT2D eigenvalue weighted by molar-refractivity contribution is -0.116. The minimum Gasteiger partial charge on any atom is -0.326 e. The van der Waals surface area contributed by atoms with Crippen LogP contribution < -0.4 is 5.32 Å². The van der Waals surface area contributed by atoms with E-state index < -0.39 is 0 Å². The summed E-state index contributed by atoms with van der Waals surface area (Å²) in [5.41, 5.74) is 0.853. The molecule has 3 nitrogen and oxygen atoms in total. The van der Waals surface area contributed by atoms with Crippen LogP contribution in [0.1, 0.15) is 17.8 Å². The van der Waals surface area contributed by atoms with E-state index in [4.69, 9.17) is 0 Å². The van der Waals surface area contributed by atoms with Gasteiger partial charge in [-0.05, 0) is 25.0 Å². The van der Waals surface area contributed by atoms with Crippen LogP contribution in [0.5, 0.6) is 0 Å². The molecule has 0 saturated heterocycles. The van der Waals surface area contributed by atoms with Crippen molar-refractivity contribution in [3.05, 3.63) is 46.9 Å². The predicted octanol–water partition coefficient (Wildman–Crippen LogP) is 3.10. The lowest BCUT2D eigenvalue weighted by Gasteiger charge is -2.03. The molecule has 0 aliphatic rings. The van der Waals surface area contributed by atoms with E-state index in [9.17, 15) is 4.79 Å². The van der Waals surface area contributed by atoms with Crippen molar-refractivity contribution >= 4 is 22.9 Å². The Kier molecular flexibility index (Phi) is 4.27. The topological polar surface area (TPSA) is 42.0 Å². The van der Waals surface area contributed by atoms with Crippen LogP contribution in [0.2, 0.25) is 0 Å². The molecule has 0 unspecified atom stereocenters. The first kappa shape index (κ1) is 11.8. The molecule has 0 aliphatic heterocycles. The molecule has 1 aromatic heterocycles. The zero-order valence-electron chi connectivity index (χ0n) is 9.43.